The van der Waals surface area contributed by atoms with Crippen molar-refractivity contribution in [1.82, 2.24) is 34.9 Å². The molecule has 23 heteroatoms. The number of pyridine rings is 1. The Labute approximate surface area is 338 Å². The maximum atomic E-state index is 12.7. The number of aromatic nitrogens is 7. The van der Waals surface area contributed by atoms with Crippen LogP contribution in [0.15, 0.2) is 102 Å². The first-order chi connectivity index (χ1) is 25.7. The van der Waals surface area contributed by atoms with Gasteiger partial charge in [0.15, 0.2) is 10.3 Å². The molecular formula is C31H21Cl6N9O6S2. The second-order valence-electron chi connectivity index (χ2n) is 10.2. The molecule has 0 atom stereocenters. The Balaban J connectivity index is 0.000000208. The summed E-state index contributed by atoms with van der Waals surface area (Å²) in [6.45, 7) is 0.123. The number of nitrogens with one attached hydrogen (secondary N) is 2. The van der Waals surface area contributed by atoms with Gasteiger partial charge in [0.05, 0.1) is 32.5 Å². The molecular weight excluding hydrogens is 871 g/mol. The Morgan fingerprint density at radius 1 is 0.556 bits per heavy atom. The van der Waals surface area contributed by atoms with Crippen molar-refractivity contribution in [2.24, 2.45) is 0 Å². The first kappa shape index (κ1) is 40.8. The van der Waals surface area contributed by atoms with Gasteiger partial charge in [0.2, 0.25) is 11.6 Å². The molecule has 0 saturated heterocycles. The molecule has 6 rings (SSSR count). The van der Waals surface area contributed by atoms with Crippen LogP contribution in [-0.2, 0) is 33.3 Å². The van der Waals surface area contributed by atoms with Gasteiger partial charge in [-0.3, -0.25) is 14.4 Å². The monoisotopic (exact) mass is 889 g/mol. The average molecular weight is 892 g/mol. The largest absolute Gasteiger partial charge is 0.470 e. The number of hydrogen-bond donors (Lipinski definition) is 2. The quantitative estimate of drug-likeness (QED) is 0.121. The van der Waals surface area contributed by atoms with Crippen molar-refractivity contribution in [1.29, 1.82) is 0 Å². The topological polar surface area (TPSA) is 201 Å². The van der Waals surface area contributed by atoms with Crippen LogP contribution in [-0.4, -0.2) is 51.7 Å². The van der Waals surface area contributed by atoms with Gasteiger partial charge in [-0.2, -0.15) is 9.97 Å². The third kappa shape index (κ3) is 10.9. The van der Waals surface area contributed by atoms with Gasteiger partial charge in [-0.1, -0.05) is 87.8 Å². The smallest absolute Gasteiger partial charge is 0.264 e. The number of halogens is 6. The molecule has 0 unspecified atom stereocenters. The van der Waals surface area contributed by atoms with E-state index in [0.717, 1.165) is 5.56 Å². The molecule has 0 bridgehead atoms. The highest BCUT2D eigenvalue weighted by Crippen LogP contribution is 2.33. The van der Waals surface area contributed by atoms with E-state index in [4.69, 9.17) is 79.1 Å². The molecule has 0 spiro atoms. The van der Waals surface area contributed by atoms with E-state index in [1.807, 2.05) is 0 Å². The van der Waals surface area contributed by atoms with Crippen LogP contribution in [0.5, 0.6) is 11.8 Å². The maximum Gasteiger partial charge on any atom is 0.264 e. The van der Waals surface area contributed by atoms with E-state index in [0.29, 0.717) is 5.56 Å². The van der Waals surface area contributed by atoms with Gasteiger partial charge in [-0.15, -0.1) is 0 Å². The third-order valence-electron chi connectivity index (χ3n) is 6.38. The fourth-order valence-corrected chi connectivity index (χ4v) is 7.77. The molecule has 0 radical (unpaired) electrons. The van der Waals surface area contributed by atoms with Gasteiger partial charge < -0.3 is 9.47 Å². The number of sulfonamides is 2. The van der Waals surface area contributed by atoms with Crippen molar-refractivity contribution in [3.8, 4) is 11.8 Å². The molecule has 6 aromatic rings. The summed E-state index contributed by atoms with van der Waals surface area (Å²) in [6.07, 6.45) is 10.1. The van der Waals surface area contributed by atoms with E-state index in [1.54, 1.807) is 36.9 Å². The number of ether oxygens (including phenoxy) is 2. The second kappa shape index (κ2) is 18.3. The molecule has 4 heterocycles. The van der Waals surface area contributed by atoms with Crippen LogP contribution in [0.2, 0.25) is 30.4 Å². The highest BCUT2D eigenvalue weighted by molar-refractivity contribution is 7.93. The zero-order chi connectivity index (χ0) is 38.9. The van der Waals surface area contributed by atoms with E-state index in [-0.39, 0.29) is 76.8 Å². The van der Waals surface area contributed by atoms with Crippen molar-refractivity contribution < 1.29 is 26.3 Å². The lowest BCUT2D eigenvalue weighted by Gasteiger charge is -2.13. The second-order valence-corrected chi connectivity index (χ2v) is 15.8. The first-order valence-corrected chi connectivity index (χ1v) is 19.8. The first-order valence-electron chi connectivity index (χ1n) is 14.6. The summed E-state index contributed by atoms with van der Waals surface area (Å²) in [4.78, 5) is 27.1. The molecule has 0 amide bonds. The lowest BCUT2D eigenvalue weighted by atomic mass is 10.3. The van der Waals surface area contributed by atoms with Crippen LogP contribution >= 0.6 is 69.6 Å². The maximum absolute atomic E-state index is 12.7. The minimum Gasteiger partial charge on any atom is -0.470 e. The molecule has 4 aromatic heterocycles. The molecule has 2 aromatic carbocycles. The summed E-state index contributed by atoms with van der Waals surface area (Å²) in [5.41, 5.74) is 1.40. The zero-order valence-electron chi connectivity index (χ0n) is 26.7. The highest BCUT2D eigenvalue weighted by atomic mass is 35.5. The fourth-order valence-electron chi connectivity index (χ4n) is 3.98. The Bertz CT molecular complexity index is 2310. The Hall–Kier alpha value is -4.33. The van der Waals surface area contributed by atoms with Gasteiger partial charge in [0.25, 0.3) is 31.8 Å². The molecule has 0 saturated carbocycles. The molecule has 54 heavy (non-hydrogen) atoms. The van der Waals surface area contributed by atoms with Crippen LogP contribution in [0, 0.1) is 0 Å². The zero-order valence-corrected chi connectivity index (χ0v) is 32.9. The van der Waals surface area contributed by atoms with Crippen LogP contribution in [0.3, 0.4) is 0 Å². The van der Waals surface area contributed by atoms with Gasteiger partial charge in [-0.05, 0) is 30.3 Å². The molecule has 2 N–H and O–H groups in total. The van der Waals surface area contributed by atoms with Crippen LogP contribution < -0.4 is 18.9 Å². The lowest BCUT2D eigenvalue weighted by molar-refractivity contribution is 0.293. The van der Waals surface area contributed by atoms with Crippen molar-refractivity contribution in [2.75, 3.05) is 9.44 Å². The molecule has 280 valence electrons. The van der Waals surface area contributed by atoms with Crippen LogP contribution in [0.4, 0.5) is 11.6 Å². The number of benzene rings is 2. The molecule has 0 aliphatic heterocycles. The van der Waals surface area contributed by atoms with Gasteiger partial charge in [-0.25, -0.2) is 36.8 Å². The minimum atomic E-state index is -4.10. The number of nitrogens with zero attached hydrogens (tertiary/aromatic N) is 7. The van der Waals surface area contributed by atoms with E-state index < -0.39 is 20.0 Å². The van der Waals surface area contributed by atoms with Gasteiger partial charge >= 0.3 is 0 Å². The normalized spacial score (nSPS) is 11.2. The molecule has 0 aliphatic carbocycles. The molecule has 15 nitrogen and oxygen atoms in total. The summed E-state index contributed by atoms with van der Waals surface area (Å²) in [7, 11) is -8.19. The molecule has 0 aliphatic rings. The Morgan fingerprint density at radius 3 is 1.48 bits per heavy atom. The van der Waals surface area contributed by atoms with Crippen LogP contribution in [0.25, 0.3) is 0 Å². The Kier molecular flexibility index (Phi) is 13.9. The van der Waals surface area contributed by atoms with E-state index in [1.165, 1.54) is 55.1 Å². The number of hydrogen-bond acceptors (Lipinski definition) is 13. The predicted molar refractivity (Wildman–Crippen MR) is 204 cm³/mol. The summed E-state index contributed by atoms with van der Waals surface area (Å²) >= 11 is 35.5. The summed E-state index contributed by atoms with van der Waals surface area (Å²) in [5.74, 6) is -0.507. The standard InChI is InChI=1S/C16H11Cl3N4O3S.C15H10Cl3N5O3S/c17-11-4-1-5-12(14(11)19)27(24,25)23-15-16(22-13(18)8-21-15)26-9-10-3-2-6-20-7-10;16-10-2-1-3-11(13(10)18)27(24,25)23-14-15(22-12(17)6-21-14)26-7-9-4-19-8-20-5-9/h1-8H,9H2,(H,21,23);1-6,8H,7H2,(H,21,23). The number of anilines is 2. The third-order valence-corrected chi connectivity index (χ3v) is 11.4. The predicted octanol–water partition coefficient (Wildman–Crippen LogP) is 7.82. The van der Waals surface area contributed by atoms with E-state index in [2.05, 4.69) is 44.3 Å². The lowest BCUT2D eigenvalue weighted by Crippen LogP contribution is -2.16. The van der Waals surface area contributed by atoms with Crippen molar-refractivity contribution in [2.45, 2.75) is 23.0 Å². The van der Waals surface area contributed by atoms with Gasteiger partial charge in [0.1, 0.15) is 29.3 Å². The van der Waals surface area contributed by atoms with Gasteiger partial charge in [0, 0.05) is 35.9 Å². The van der Waals surface area contributed by atoms with Crippen LogP contribution in [0.1, 0.15) is 11.1 Å². The van der Waals surface area contributed by atoms with Crippen molar-refractivity contribution in [3.63, 3.8) is 0 Å². The number of rotatable bonds is 12. The van der Waals surface area contributed by atoms with Crippen molar-refractivity contribution in [3.05, 3.63) is 134 Å². The molecule has 0 fully saturated rings. The fraction of sp³-hybridized carbons (Fsp3) is 0.0645. The van der Waals surface area contributed by atoms with E-state index >= 15 is 0 Å². The average Bonchev–Trinajstić information content (AvgIpc) is 3.15. The summed E-state index contributed by atoms with van der Waals surface area (Å²) in [6, 6.07) is 12.0. The minimum absolute atomic E-state index is 0.0260. The summed E-state index contributed by atoms with van der Waals surface area (Å²) in [5, 5.41) is 0.0546. The summed E-state index contributed by atoms with van der Waals surface area (Å²) < 4.78 is 66.3. The highest BCUT2D eigenvalue weighted by Gasteiger charge is 2.24. The SMILES string of the molecule is O=S(=O)(Nc1ncc(Cl)nc1OCc1cccnc1)c1cccc(Cl)c1Cl.O=S(=O)(Nc1ncc(Cl)nc1OCc1cncnc1)c1cccc(Cl)c1Cl. The van der Waals surface area contributed by atoms with Crippen molar-refractivity contribution >= 4 is 101 Å². The Morgan fingerprint density at radius 2 is 1.02 bits per heavy atom. The van der Waals surface area contributed by atoms with E-state index in [9.17, 15) is 16.8 Å².